The molecule has 0 aromatic carbocycles. The zero-order valence-corrected chi connectivity index (χ0v) is 13.4. The Bertz CT molecular complexity index is 466. The average molecular weight is 304 g/mol. The number of aromatic nitrogens is 2. The van der Waals surface area contributed by atoms with E-state index in [0.29, 0.717) is 5.69 Å². The van der Waals surface area contributed by atoms with Crippen LogP contribution < -0.4 is 16.0 Å². The van der Waals surface area contributed by atoms with Crippen molar-refractivity contribution in [3.05, 3.63) is 6.33 Å². The van der Waals surface area contributed by atoms with E-state index in [1.165, 1.54) is 51.6 Å². The quantitative estimate of drug-likeness (QED) is 0.866. The standard InChI is InChI=1S/C16H28N6/c17-14-15(18-7-12-21-8-3-1-4-9-21)19-13-20-16(14)22-10-5-2-6-11-22/h13H,1-12,17H2,(H,18,19,20). The summed E-state index contributed by atoms with van der Waals surface area (Å²) in [6.07, 6.45) is 9.42. The van der Waals surface area contributed by atoms with Crippen LogP contribution >= 0.6 is 0 Å². The third-order valence-electron chi connectivity index (χ3n) is 4.69. The molecular formula is C16H28N6. The van der Waals surface area contributed by atoms with E-state index in [1.54, 1.807) is 6.33 Å². The second-order valence-electron chi connectivity index (χ2n) is 6.34. The van der Waals surface area contributed by atoms with E-state index in [0.717, 1.165) is 37.8 Å². The van der Waals surface area contributed by atoms with Gasteiger partial charge in [0.2, 0.25) is 0 Å². The third kappa shape index (κ3) is 3.80. The number of nitrogens with two attached hydrogens (primary N) is 1. The predicted octanol–water partition coefficient (Wildman–Crippen LogP) is 1.95. The molecule has 0 spiro atoms. The summed E-state index contributed by atoms with van der Waals surface area (Å²) in [5.74, 6) is 1.68. The van der Waals surface area contributed by atoms with Gasteiger partial charge in [-0.3, -0.25) is 0 Å². The Balaban J connectivity index is 1.56. The van der Waals surface area contributed by atoms with Crippen LogP contribution in [0.2, 0.25) is 0 Å². The van der Waals surface area contributed by atoms with Gasteiger partial charge < -0.3 is 20.9 Å². The Labute approximate surface area is 133 Å². The molecule has 6 nitrogen and oxygen atoms in total. The Hall–Kier alpha value is -1.56. The molecule has 22 heavy (non-hydrogen) atoms. The number of hydrogen-bond acceptors (Lipinski definition) is 6. The molecule has 3 heterocycles. The minimum absolute atomic E-state index is 0.697. The van der Waals surface area contributed by atoms with Crippen molar-refractivity contribution in [2.45, 2.75) is 38.5 Å². The topological polar surface area (TPSA) is 70.3 Å². The number of nitrogens with one attached hydrogen (secondary N) is 1. The van der Waals surface area contributed by atoms with Crippen molar-refractivity contribution in [3.8, 4) is 0 Å². The van der Waals surface area contributed by atoms with Gasteiger partial charge in [0.25, 0.3) is 0 Å². The fourth-order valence-corrected chi connectivity index (χ4v) is 3.40. The third-order valence-corrected chi connectivity index (χ3v) is 4.69. The molecular weight excluding hydrogens is 276 g/mol. The number of piperidine rings is 2. The summed E-state index contributed by atoms with van der Waals surface area (Å²) in [5, 5.41) is 3.40. The molecule has 0 radical (unpaired) electrons. The molecule has 0 aliphatic carbocycles. The first-order chi connectivity index (χ1) is 10.8. The maximum absolute atomic E-state index is 6.29. The van der Waals surface area contributed by atoms with E-state index in [-0.39, 0.29) is 0 Å². The van der Waals surface area contributed by atoms with Crippen LogP contribution in [0, 0.1) is 0 Å². The highest BCUT2D eigenvalue weighted by Gasteiger charge is 2.17. The van der Waals surface area contributed by atoms with Gasteiger partial charge in [-0.25, -0.2) is 9.97 Å². The summed E-state index contributed by atoms with van der Waals surface area (Å²) in [4.78, 5) is 13.5. The van der Waals surface area contributed by atoms with Crippen molar-refractivity contribution in [2.75, 3.05) is 55.2 Å². The summed E-state index contributed by atoms with van der Waals surface area (Å²) in [7, 11) is 0. The van der Waals surface area contributed by atoms with Crippen molar-refractivity contribution in [3.63, 3.8) is 0 Å². The van der Waals surface area contributed by atoms with Crippen LogP contribution in [0.1, 0.15) is 38.5 Å². The number of rotatable bonds is 5. The molecule has 1 aromatic rings. The monoisotopic (exact) mass is 304 g/mol. The van der Waals surface area contributed by atoms with Gasteiger partial charge in [-0.1, -0.05) is 6.42 Å². The van der Waals surface area contributed by atoms with Gasteiger partial charge in [-0.05, 0) is 45.2 Å². The summed E-state index contributed by atoms with van der Waals surface area (Å²) in [6, 6.07) is 0. The molecule has 0 amide bonds. The molecule has 122 valence electrons. The molecule has 1 aromatic heterocycles. The number of hydrogen-bond donors (Lipinski definition) is 2. The molecule has 6 heteroatoms. The fraction of sp³-hybridized carbons (Fsp3) is 0.750. The number of nitrogens with zero attached hydrogens (tertiary/aromatic N) is 4. The van der Waals surface area contributed by atoms with Crippen molar-refractivity contribution in [1.29, 1.82) is 0 Å². The molecule has 2 saturated heterocycles. The molecule has 2 aliphatic heterocycles. The van der Waals surface area contributed by atoms with Crippen LogP contribution in [0.25, 0.3) is 0 Å². The van der Waals surface area contributed by atoms with Gasteiger partial charge in [0.05, 0.1) is 0 Å². The SMILES string of the molecule is Nc1c(NCCN2CCCCC2)ncnc1N1CCCCC1. The van der Waals surface area contributed by atoms with E-state index in [4.69, 9.17) is 5.73 Å². The van der Waals surface area contributed by atoms with Gasteiger partial charge in [0, 0.05) is 26.2 Å². The first-order valence-electron chi connectivity index (χ1n) is 8.66. The largest absolute Gasteiger partial charge is 0.393 e. The Morgan fingerprint density at radius 2 is 1.64 bits per heavy atom. The molecule has 0 saturated carbocycles. The lowest BCUT2D eigenvalue weighted by Gasteiger charge is -2.29. The lowest BCUT2D eigenvalue weighted by Crippen LogP contribution is -2.34. The molecule has 0 unspecified atom stereocenters. The normalized spacial score (nSPS) is 20.1. The average Bonchev–Trinajstić information content (AvgIpc) is 2.58. The smallest absolute Gasteiger partial charge is 0.157 e. The van der Waals surface area contributed by atoms with E-state index in [1.807, 2.05) is 0 Å². The van der Waals surface area contributed by atoms with Gasteiger partial charge in [0.1, 0.15) is 12.0 Å². The Kier molecular flexibility index (Phi) is 5.32. The molecule has 0 bridgehead atoms. The second kappa shape index (κ2) is 7.63. The van der Waals surface area contributed by atoms with Crippen LogP contribution in [0.15, 0.2) is 6.33 Å². The maximum atomic E-state index is 6.29. The maximum Gasteiger partial charge on any atom is 0.157 e. The van der Waals surface area contributed by atoms with Crippen LogP contribution in [-0.2, 0) is 0 Å². The fourth-order valence-electron chi connectivity index (χ4n) is 3.40. The van der Waals surface area contributed by atoms with Gasteiger partial charge in [-0.2, -0.15) is 0 Å². The predicted molar refractivity (Wildman–Crippen MR) is 91.3 cm³/mol. The first kappa shape index (κ1) is 15.3. The highest BCUT2D eigenvalue weighted by Crippen LogP contribution is 2.28. The minimum Gasteiger partial charge on any atom is -0.393 e. The van der Waals surface area contributed by atoms with Gasteiger partial charge in [0.15, 0.2) is 11.6 Å². The van der Waals surface area contributed by atoms with E-state index in [9.17, 15) is 0 Å². The molecule has 2 fully saturated rings. The number of nitrogen functional groups attached to an aromatic ring is 1. The van der Waals surface area contributed by atoms with Crippen LogP contribution in [0.3, 0.4) is 0 Å². The Morgan fingerprint density at radius 1 is 0.955 bits per heavy atom. The number of anilines is 3. The molecule has 0 atom stereocenters. The zero-order chi connectivity index (χ0) is 15.2. The molecule has 3 rings (SSSR count). The Morgan fingerprint density at radius 3 is 2.36 bits per heavy atom. The zero-order valence-electron chi connectivity index (χ0n) is 13.4. The summed E-state index contributed by atoms with van der Waals surface area (Å²) >= 11 is 0. The summed E-state index contributed by atoms with van der Waals surface area (Å²) < 4.78 is 0. The lowest BCUT2D eigenvalue weighted by atomic mass is 10.1. The van der Waals surface area contributed by atoms with Crippen LogP contribution in [0.5, 0.6) is 0 Å². The van der Waals surface area contributed by atoms with Crippen LogP contribution in [-0.4, -0.2) is 54.1 Å². The van der Waals surface area contributed by atoms with Crippen LogP contribution in [0.4, 0.5) is 17.3 Å². The van der Waals surface area contributed by atoms with Crippen molar-refractivity contribution in [2.24, 2.45) is 0 Å². The van der Waals surface area contributed by atoms with Crippen molar-refractivity contribution in [1.82, 2.24) is 14.9 Å². The van der Waals surface area contributed by atoms with E-state index >= 15 is 0 Å². The molecule has 3 N–H and O–H groups in total. The first-order valence-corrected chi connectivity index (χ1v) is 8.66. The van der Waals surface area contributed by atoms with E-state index in [2.05, 4.69) is 25.1 Å². The molecule has 2 aliphatic rings. The highest BCUT2D eigenvalue weighted by molar-refractivity contribution is 5.74. The van der Waals surface area contributed by atoms with Crippen molar-refractivity contribution < 1.29 is 0 Å². The summed E-state index contributed by atoms with van der Waals surface area (Å²) in [5.41, 5.74) is 6.99. The second-order valence-corrected chi connectivity index (χ2v) is 6.34. The highest BCUT2D eigenvalue weighted by atomic mass is 15.2. The van der Waals surface area contributed by atoms with E-state index < -0.39 is 0 Å². The summed E-state index contributed by atoms with van der Waals surface area (Å²) in [6.45, 7) is 6.49. The van der Waals surface area contributed by atoms with Crippen molar-refractivity contribution >= 4 is 17.3 Å². The van der Waals surface area contributed by atoms with Gasteiger partial charge in [-0.15, -0.1) is 0 Å². The number of likely N-dealkylation sites (tertiary alicyclic amines) is 1. The lowest BCUT2D eigenvalue weighted by molar-refractivity contribution is 0.237. The van der Waals surface area contributed by atoms with Gasteiger partial charge >= 0.3 is 0 Å². The minimum atomic E-state index is 0.697.